The van der Waals surface area contributed by atoms with Crippen LogP contribution in [-0.4, -0.2) is 25.1 Å². The molecule has 6 nitrogen and oxygen atoms in total. The van der Waals surface area contributed by atoms with E-state index in [0.29, 0.717) is 13.0 Å². The summed E-state index contributed by atoms with van der Waals surface area (Å²) in [4.78, 5) is 23.0. The summed E-state index contributed by atoms with van der Waals surface area (Å²) in [5.41, 5.74) is 6.03. The van der Waals surface area contributed by atoms with Crippen LogP contribution in [0.2, 0.25) is 0 Å². The van der Waals surface area contributed by atoms with Crippen molar-refractivity contribution < 1.29 is 14.3 Å². The number of ether oxygens (including phenoxy) is 1. The second-order valence-electron chi connectivity index (χ2n) is 4.77. The summed E-state index contributed by atoms with van der Waals surface area (Å²) < 4.78 is 5.13. The molecular formula is C15H23N3O3. The molecular weight excluding hydrogens is 270 g/mol. The lowest BCUT2D eigenvalue weighted by molar-refractivity contribution is -0.123. The summed E-state index contributed by atoms with van der Waals surface area (Å²) in [6.07, 6.45) is 2.36. The number of rotatable bonds is 8. The van der Waals surface area contributed by atoms with Gasteiger partial charge in [0.25, 0.3) is 0 Å². The summed E-state index contributed by atoms with van der Waals surface area (Å²) in [6.45, 7) is 2.40. The molecule has 116 valence electrons. The molecule has 6 heteroatoms. The molecule has 1 aromatic rings. The molecule has 0 saturated heterocycles. The highest BCUT2D eigenvalue weighted by molar-refractivity contribution is 5.86. The minimum absolute atomic E-state index is 0.231. The third kappa shape index (κ3) is 6.16. The highest BCUT2D eigenvalue weighted by Gasteiger charge is 2.18. The SMILES string of the molecule is CCCC[C@@H](NC(N)=O)C(=O)NCc1cccc(OC)c1. The molecule has 4 N–H and O–H groups in total. The van der Waals surface area contributed by atoms with Crippen molar-refractivity contribution in [1.29, 1.82) is 0 Å². The number of unbranched alkanes of at least 4 members (excludes halogenated alkanes) is 1. The molecule has 0 aliphatic heterocycles. The van der Waals surface area contributed by atoms with E-state index < -0.39 is 12.1 Å². The Hall–Kier alpha value is -2.24. The maximum Gasteiger partial charge on any atom is 0.312 e. The summed E-state index contributed by atoms with van der Waals surface area (Å²) in [5, 5.41) is 5.28. The van der Waals surface area contributed by atoms with Crippen LogP contribution in [0.1, 0.15) is 31.7 Å². The molecule has 1 rings (SSSR count). The van der Waals surface area contributed by atoms with Gasteiger partial charge < -0.3 is 21.1 Å². The van der Waals surface area contributed by atoms with Gasteiger partial charge in [-0.15, -0.1) is 0 Å². The Bertz CT molecular complexity index is 477. The van der Waals surface area contributed by atoms with E-state index in [1.54, 1.807) is 7.11 Å². The zero-order valence-electron chi connectivity index (χ0n) is 12.5. The Kier molecular flexibility index (Phi) is 7.08. The van der Waals surface area contributed by atoms with Gasteiger partial charge >= 0.3 is 6.03 Å². The zero-order valence-corrected chi connectivity index (χ0v) is 12.5. The van der Waals surface area contributed by atoms with Crippen molar-refractivity contribution >= 4 is 11.9 Å². The number of nitrogens with two attached hydrogens (primary N) is 1. The van der Waals surface area contributed by atoms with E-state index in [4.69, 9.17) is 10.5 Å². The average Bonchev–Trinajstić information content (AvgIpc) is 2.48. The van der Waals surface area contributed by atoms with Gasteiger partial charge in [-0.2, -0.15) is 0 Å². The summed E-state index contributed by atoms with van der Waals surface area (Å²) >= 11 is 0. The van der Waals surface area contributed by atoms with Crippen LogP contribution in [0, 0.1) is 0 Å². The van der Waals surface area contributed by atoms with Gasteiger partial charge in [-0.3, -0.25) is 4.79 Å². The first-order valence-electron chi connectivity index (χ1n) is 7.03. The van der Waals surface area contributed by atoms with E-state index in [1.807, 2.05) is 31.2 Å². The number of methoxy groups -OCH3 is 1. The number of carbonyl (C=O) groups excluding carboxylic acids is 2. The fraction of sp³-hybridized carbons (Fsp3) is 0.467. The van der Waals surface area contributed by atoms with Crippen molar-refractivity contribution in [3.63, 3.8) is 0 Å². The number of hydrogen-bond acceptors (Lipinski definition) is 3. The Morgan fingerprint density at radius 1 is 1.38 bits per heavy atom. The summed E-state index contributed by atoms with van der Waals surface area (Å²) in [6, 6.07) is 6.16. The molecule has 21 heavy (non-hydrogen) atoms. The van der Waals surface area contributed by atoms with Crippen LogP contribution >= 0.6 is 0 Å². The number of urea groups is 1. The van der Waals surface area contributed by atoms with E-state index in [2.05, 4.69) is 10.6 Å². The molecule has 0 aliphatic carbocycles. The topological polar surface area (TPSA) is 93.5 Å². The Balaban J connectivity index is 2.57. The zero-order chi connectivity index (χ0) is 15.7. The van der Waals surface area contributed by atoms with Crippen molar-refractivity contribution in [3.05, 3.63) is 29.8 Å². The second kappa shape index (κ2) is 8.84. The van der Waals surface area contributed by atoms with Crippen molar-refractivity contribution in [2.24, 2.45) is 5.73 Å². The van der Waals surface area contributed by atoms with E-state index in [-0.39, 0.29) is 5.91 Å². The molecule has 0 saturated carbocycles. The molecule has 0 spiro atoms. The van der Waals surface area contributed by atoms with Crippen LogP contribution in [0.5, 0.6) is 5.75 Å². The molecule has 0 heterocycles. The number of primary amides is 1. The van der Waals surface area contributed by atoms with Gasteiger partial charge in [-0.1, -0.05) is 31.9 Å². The fourth-order valence-corrected chi connectivity index (χ4v) is 1.94. The van der Waals surface area contributed by atoms with Gasteiger partial charge in [0.1, 0.15) is 11.8 Å². The van der Waals surface area contributed by atoms with Gasteiger partial charge in [0.05, 0.1) is 7.11 Å². The average molecular weight is 293 g/mol. The van der Waals surface area contributed by atoms with E-state index in [9.17, 15) is 9.59 Å². The largest absolute Gasteiger partial charge is 0.497 e. The van der Waals surface area contributed by atoms with Gasteiger partial charge in [0.2, 0.25) is 5.91 Å². The normalized spacial score (nSPS) is 11.5. The first-order valence-corrected chi connectivity index (χ1v) is 7.03. The molecule has 1 aromatic carbocycles. The van der Waals surface area contributed by atoms with Crippen LogP contribution in [0.4, 0.5) is 4.79 Å². The highest BCUT2D eigenvalue weighted by atomic mass is 16.5. The van der Waals surface area contributed by atoms with Crippen LogP contribution in [0.25, 0.3) is 0 Å². The van der Waals surface area contributed by atoms with Crippen molar-refractivity contribution in [2.45, 2.75) is 38.8 Å². The molecule has 0 unspecified atom stereocenters. The number of benzene rings is 1. The lowest BCUT2D eigenvalue weighted by Crippen LogP contribution is -2.48. The molecule has 1 atom stereocenters. The van der Waals surface area contributed by atoms with Crippen molar-refractivity contribution in [2.75, 3.05) is 7.11 Å². The van der Waals surface area contributed by atoms with E-state index >= 15 is 0 Å². The van der Waals surface area contributed by atoms with Crippen LogP contribution < -0.4 is 21.1 Å². The smallest absolute Gasteiger partial charge is 0.312 e. The number of hydrogen-bond donors (Lipinski definition) is 3. The first-order chi connectivity index (χ1) is 10.1. The summed E-state index contributed by atoms with van der Waals surface area (Å²) in [5.74, 6) is 0.504. The predicted molar refractivity (Wildman–Crippen MR) is 80.9 cm³/mol. The molecule has 3 amide bonds. The minimum atomic E-state index is -0.687. The first kappa shape index (κ1) is 16.8. The molecule has 0 fully saturated rings. The number of amides is 3. The van der Waals surface area contributed by atoms with Crippen LogP contribution in [0.3, 0.4) is 0 Å². The highest BCUT2D eigenvalue weighted by Crippen LogP contribution is 2.12. The minimum Gasteiger partial charge on any atom is -0.497 e. The Morgan fingerprint density at radius 3 is 2.76 bits per heavy atom. The molecule has 0 bridgehead atoms. The van der Waals surface area contributed by atoms with Gasteiger partial charge in [-0.25, -0.2) is 4.79 Å². The molecule has 0 aromatic heterocycles. The molecule has 0 aliphatic rings. The monoisotopic (exact) mass is 293 g/mol. The van der Waals surface area contributed by atoms with Gasteiger partial charge in [0.15, 0.2) is 0 Å². The van der Waals surface area contributed by atoms with Crippen molar-refractivity contribution in [3.8, 4) is 5.75 Å². The van der Waals surface area contributed by atoms with E-state index in [0.717, 1.165) is 24.2 Å². The van der Waals surface area contributed by atoms with Crippen LogP contribution in [0.15, 0.2) is 24.3 Å². The quantitative estimate of drug-likeness (QED) is 0.678. The Morgan fingerprint density at radius 2 is 2.14 bits per heavy atom. The molecule has 0 radical (unpaired) electrons. The van der Waals surface area contributed by atoms with Gasteiger partial charge in [-0.05, 0) is 24.1 Å². The van der Waals surface area contributed by atoms with Gasteiger partial charge in [0, 0.05) is 6.54 Å². The number of carbonyl (C=O) groups is 2. The maximum absolute atomic E-state index is 12.1. The maximum atomic E-state index is 12.1. The lowest BCUT2D eigenvalue weighted by Gasteiger charge is -2.17. The third-order valence-electron chi connectivity index (χ3n) is 3.08. The van der Waals surface area contributed by atoms with Crippen LogP contribution in [-0.2, 0) is 11.3 Å². The third-order valence-corrected chi connectivity index (χ3v) is 3.08. The van der Waals surface area contributed by atoms with Crippen molar-refractivity contribution in [1.82, 2.24) is 10.6 Å². The second-order valence-corrected chi connectivity index (χ2v) is 4.77. The van der Waals surface area contributed by atoms with E-state index in [1.165, 1.54) is 0 Å². The number of nitrogens with one attached hydrogen (secondary N) is 2. The standard InChI is InChI=1S/C15H23N3O3/c1-3-4-8-13(18-15(16)20)14(19)17-10-11-6-5-7-12(9-11)21-2/h5-7,9,13H,3-4,8,10H2,1-2H3,(H,17,19)(H3,16,18,20)/t13-/m1/s1. The lowest BCUT2D eigenvalue weighted by atomic mass is 10.1. The summed E-state index contributed by atoms with van der Waals surface area (Å²) in [7, 11) is 1.59. The Labute approximate surface area is 125 Å². The fourth-order valence-electron chi connectivity index (χ4n) is 1.94. The predicted octanol–water partition coefficient (Wildman–Crippen LogP) is 1.54.